The molecule has 12 heavy (non-hydrogen) atoms. The minimum atomic E-state index is 0.740. The number of rotatable bonds is 1. The van der Waals surface area contributed by atoms with E-state index in [1.54, 1.807) is 5.57 Å². The van der Waals surface area contributed by atoms with E-state index in [-0.39, 0.29) is 0 Å². The van der Waals surface area contributed by atoms with Gasteiger partial charge in [0.2, 0.25) is 0 Å². The van der Waals surface area contributed by atoms with Crippen LogP contribution in [0.25, 0.3) is 0 Å². The first kappa shape index (κ1) is 12.4. The topological polar surface area (TPSA) is 0 Å². The quantitative estimate of drug-likeness (QED) is 0.440. The van der Waals surface area contributed by atoms with Crippen LogP contribution in [0, 0.1) is 5.92 Å². The molecule has 0 aromatic carbocycles. The summed E-state index contributed by atoms with van der Waals surface area (Å²) < 4.78 is 0. The molecular formula is C10H16AlP. The Morgan fingerprint density at radius 2 is 1.83 bits per heavy atom. The van der Waals surface area contributed by atoms with Gasteiger partial charge in [-0.2, -0.15) is 0 Å². The molecule has 0 aromatic heterocycles. The predicted octanol–water partition coefficient (Wildman–Crippen LogP) is 3.79. The molecule has 0 unspecified atom stereocenters. The molecule has 0 saturated heterocycles. The van der Waals surface area contributed by atoms with E-state index in [4.69, 9.17) is 0 Å². The van der Waals surface area contributed by atoms with Crippen LogP contribution in [-0.4, -0.2) is 15.2 Å². The monoisotopic (exact) mass is 194 g/mol. The van der Waals surface area contributed by atoms with Crippen LogP contribution < -0.4 is 0 Å². The Balaban J connectivity index is 0.000000561. The van der Waals surface area contributed by atoms with Crippen molar-refractivity contribution >= 4 is 22.4 Å². The third-order valence-corrected chi connectivity index (χ3v) is 2.13. The average Bonchev–Trinajstić information content (AvgIpc) is 2.09. The summed E-state index contributed by atoms with van der Waals surface area (Å²) >= 11 is 2.11. The molecule has 1 aliphatic rings. The van der Waals surface area contributed by atoms with Gasteiger partial charge in [-0.3, -0.25) is 0 Å². The second-order valence-corrected chi connectivity index (χ2v) is 3.41. The molecule has 2 heteroatoms. The van der Waals surface area contributed by atoms with Crippen molar-refractivity contribution in [3.8, 4) is 0 Å². The summed E-state index contributed by atoms with van der Waals surface area (Å²) in [5, 5.41) is 0. The van der Waals surface area contributed by atoms with Crippen LogP contribution in [0.15, 0.2) is 23.3 Å². The molecule has 0 heterocycles. The first-order valence-electron chi connectivity index (χ1n) is 4.32. The van der Waals surface area contributed by atoms with Gasteiger partial charge in [0.05, 0.1) is 0 Å². The zero-order chi connectivity index (χ0) is 9.56. The van der Waals surface area contributed by atoms with Gasteiger partial charge in [-0.15, -0.1) is 0 Å². The van der Waals surface area contributed by atoms with Gasteiger partial charge in [-0.25, -0.2) is 0 Å². The zero-order valence-electron chi connectivity index (χ0n) is 8.17. The van der Waals surface area contributed by atoms with Crippen molar-refractivity contribution in [3.05, 3.63) is 23.3 Å². The SMILES string of the molecule is CC1=CC=C(C(C)C)CC1.[Al]#[P]. The molecule has 0 aromatic rings. The Kier molecular flexibility index (Phi) is 7.16. The van der Waals surface area contributed by atoms with Crippen LogP contribution in [-0.2, 0) is 0 Å². The Morgan fingerprint density at radius 3 is 2.17 bits per heavy atom. The fourth-order valence-corrected chi connectivity index (χ4v) is 1.24. The van der Waals surface area contributed by atoms with Crippen molar-refractivity contribution in [2.75, 3.05) is 0 Å². The van der Waals surface area contributed by atoms with Gasteiger partial charge in [0, 0.05) is 0 Å². The molecule has 0 fully saturated rings. The molecule has 0 radical (unpaired) electrons. The van der Waals surface area contributed by atoms with E-state index in [0.29, 0.717) is 0 Å². The first-order valence-corrected chi connectivity index (χ1v) is 6.38. The molecular weight excluding hydrogens is 178 g/mol. The van der Waals surface area contributed by atoms with E-state index < -0.39 is 0 Å². The molecule has 0 amide bonds. The van der Waals surface area contributed by atoms with E-state index in [0.717, 1.165) is 5.92 Å². The standard InChI is InChI=1S/C10H16.Al.P/c1-8(2)10-6-4-9(3)5-7-10;;/h4,6,8H,5,7H2,1-3H3;;. The zero-order valence-corrected chi connectivity index (χ0v) is 10.2. The van der Waals surface area contributed by atoms with Crippen LogP contribution in [0.5, 0.6) is 0 Å². The third kappa shape index (κ3) is 4.46. The summed E-state index contributed by atoms with van der Waals surface area (Å²) in [6, 6.07) is 0. The van der Waals surface area contributed by atoms with Crippen LogP contribution in [0.1, 0.15) is 33.6 Å². The van der Waals surface area contributed by atoms with E-state index in [2.05, 4.69) is 55.3 Å². The normalized spacial score (nSPS) is 16.1. The van der Waals surface area contributed by atoms with Gasteiger partial charge in [0.15, 0.2) is 0 Å². The second-order valence-electron chi connectivity index (χ2n) is 3.41. The van der Waals surface area contributed by atoms with Crippen molar-refractivity contribution in [1.29, 1.82) is 0 Å². The summed E-state index contributed by atoms with van der Waals surface area (Å²) in [6.07, 6.45) is 7.08. The maximum atomic E-state index is 3.44. The molecule has 1 rings (SSSR count). The van der Waals surface area contributed by atoms with Gasteiger partial charge in [-0.05, 0) is 25.7 Å². The molecule has 0 spiro atoms. The first-order chi connectivity index (χ1) is 5.70. The summed E-state index contributed by atoms with van der Waals surface area (Å²) in [5.74, 6) is 0.740. The molecule has 0 saturated carbocycles. The van der Waals surface area contributed by atoms with E-state index in [1.807, 2.05) is 0 Å². The van der Waals surface area contributed by atoms with Gasteiger partial charge < -0.3 is 0 Å². The van der Waals surface area contributed by atoms with E-state index >= 15 is 0 Å². The fourth-order valence-electron chi connectivity index (χ4n) is 1.24. The molecule has 0 aliphatic heterocycles. The summed E-state index contributed by atoms with van der Waals surface area (Å²) in [4.78, 5) is 0. The predicted molar refractivity (Wildman–Crippen MR) is 58.6 cm³/mol. The van der Waals surface area contributed by atoms with Crippen molar-refractivity contribution in [1.82, 2.24) is 0 Å². The number of hydrogen-bond donors (Lipinski definition) is 0. The number of allylic oxidation sites excluding steroid dienone is 4. The second kappa shape index (κ2) is 6.91. The summed E-state index contributed by atoms with van der Waals surface area (Å²) in [6.45, 7) is 6.73. The van der Waals surface area contributed by atoms with Gasteiger partial charge >= 0.3 is 22.4 Å². The molecule has 0 N–H and O–H groups in total. The molecule has 0 atom stereocenters. The summed E-state index contributed by atoms with van der Waals surface area (Å²) in [7, 11) is 3.44. The molecule has 1 aliphatic carbocycles. The van der Waals surface area contributed by atoms with E-state index in [1.165, 1.54) is 18.4 Å². The Morgan fingerprint density at radius 1 is 1.25 bits per heavy atom. The Labute approximate surface area is 85.4 Å². The average molecular weight is 194 g/mol. The van der Waals surface area contributed by atoms with E-state index in [9.17, 15) is 0 Å². The fraction of sp³-hybridized carbons (Fsp3) is 0.600. The van der Waals surface area contributed by atoms with Crippen LogP contribution in [0.4, 0.5) is 0 Å². The van der Waals surface area contributed by atoms with Crippen LogP contribution in [0.3, 0.4) is 0 Å². The molecule has 0 nitrogen and oxygen atoms in total. The summed E-state index contributed by atoms with van der Waals surface area (Å²) in [5.41, 5.74) is 3.12. The van der Waals surface area contributed by atoms with Crippen molar-refractivity contribution < 1.29 is 0 Å². The van der Waals surface area contributed by atoms with Crippen LogP contribution >= 0.6 is 7.23 Å². The van der Waals surface area contributed by atoms with Gasteiger partial charge in [0.25, 0.3) is 0 Å². The Hall–Kier alpha value is 0.442. The van der Waals surface area contributed by atoms with Crippen molar-refractivity contribution in [2.45, 2.75) is 33.6 Å². The van der Waals surface area contributed by atoms with Crippen LogP contribution in [0.2, 0.25) is 0 Å². The third-order valence-electron chi connectivity index (χ3n) is 2.13. The van der Waals surface area contributed by atoms with Gasteiger partial charge in [0.1, 0.15) is 0 Å². The molecule has 0 bridgehead atoms. The minimum absolute atomic E-state index is 0.740. The Bertz CT molecular complexity index is 211. The van der Waals surface area contributed by atoms with Gasteiger partial charge in [-0.1, -0.05) is 37.1 Å². The maximum absolute atomic E-state index is 3.44. The van der Waals surface area contributed by atoms with Crippen molar-refractivity contribution in [2.24, 2.45) is 5.92 Å². The number of hydrogen-bond acceptors (Lipinski definition) is 0. The molecule has 64 valence electrons. The van der Waals surface area contributed by atoms with Crippen molar-refractivity contribution in [3.63, 3.8) is 0 Å².